The van der Waals surface area contributed by atoms with E-state index < -0.39 is 11.6 Å². The molecule has 0 aromatic heterocycles. The summed E-state index contributed by atoms with van der Waals surface area (Å²) in [7, 11) is 0. The molecule has 1 aliphatic rings. The van der Waals surface area contributed by atoms with Crippen LogP contribution in [0.1, 0.15) is 26.3 Å². The van der Waals surface area contributed by atoms with Crippen molar-refractivity contribution in [1.82, 2.24) is 0 Å². The van der Waals surface area contributed by atoms with Crippen molar-refractivity contribution < 1.29 is 14.3 Å². The Balaban J connectivity index is 2.04. The molecular formula is C20H19NO3. The molecule has 0 atom stereocenters. The molecule has 1 amide bonds. The van der Waals surface area contributed by atoms with Gasteiger partial charge in [0.05, 0.1) is 11.3 Å². The van der Waals surface area contributed by atoms with E-state index in [4.69, 9.17) is 4.74 Å². The zero-order valence-electron chi connectivity index (χ0n) is 13.9. The molecule has 2 aromatic rings. The largest absolute Gasteiger partial charge is 0.457 e. The molecule has 122 valence electrons. The van der Waals surface area contributed by atoms with Gasteiger partial charge >= 0.3 is 5.97 Å². The lowest BCUT2D eigenvalue weighted by Crippen LogP contribution is -2.24. The van der Waals surface area contributed by atoms with Crippen molar-refractivity contribution in [3.63, 3.8) is 0 Å². The topological polar surface area (TPSA) is 46.6 Å². The Hall–Kier alpha value is -2.88. The van der Waals surface area contributed by atoms with Gasteiger partial charge < -0.3 is 4.74 Å². The molecule has 0 bridgehead atoms. The van der Waals surface area contributed by atoms with E-state index >= 15 is 0 Å². The summed E-state index contributed by atoms with van der Waals surface area (Å²) in [6, 6.07) is 16.8. The van der Waals surface area contributed by atoms with Crippen LogP contribution < -0.4 is 4.90 Å². The molecule has 0 saturated heterocycles. The fraction of sp³-hybridized carbons (Fsp3) is 0.200. The molecule has 1 heterocycles. The first-order valence-corrected chi connectivity index (χ1v) is 7.80. The lowest BCUT2D eigenvalue weighted by atomic mass is 10.1. The van der Waals surface area contributed by atoms with Crippen LogP contribution in [0.2, 0.25) is 0 Å². The minimum Gasteiger partial charge on any atom is -0.457 e. The summed E-state index contributed by atoms with van der Waals surface area (Å²) in [5.41, 5.74) is 2.01. The number of benzene rings is 2. The molecule has 2 aromatic carbocycles. The second kappa shape index (κ2) is 5.96. The Morgan fingerprint density at radius 1 is 1.00 bits per heavy atom. The van der Waals surface area contributed by atoms with E-state index in [-0.39, 0.29) is 5.91 Å². The highest BCUT2D eigenvalue weighted by Gasteiger charge is 2.34. The van der Waals surface area contributed by atoms with E-state index in [1.807, 2.05) is 54.6 Å². The molecule has 24 heavy (non-hydrogen) atoms. The van der Waals surface area contributed by atoms with E-state index in [0.717, 1.165) is 16.9 Å². The van der Waals surface area contributed by atoms with Crippen LogP contribution in [0.25, 0.3) is 5.57 Å². The summed E-state index contributed by atoms with van der Waals surface area (Å²) in [6.07, 6.45) is 1.29. The second-order valence-electron chi connectivity index (χ2n) is 6.58. The van der Waals surface area contributed by atoms with Crippen LogP contribution in [0.4, 0.5) is 11.4 Å². The van der Waals surface area contributed by atoms with Crippen LogP contribution >= 0.6 is 0 Å². The number of rotatable bonds is 2. The molecule has 0 aliphatic carbocycles. The Kier molecular flexibility index (Phi) is 3.97. The number of carbonyl (C=O) groups excluding carboxylic acids is 2. The minimum absolute atomic E-state index is 0.228. The van der Waals surface area contributed by atoms with Crippen LogP contribution in [0.5, 0.6) is 0 Å². The molecule has 0 saturated carbocycles. The van der Waals surface area contributed by atoms with Crippen LogP contribution in [0, 0.1) is 0 Å². The quantitative estimate of drug-likeness (QED) is 0.618. The SMILES string of the molecule is CC(C)(C)OC(=O)/C=C1/C(=O)N(c2ccccc2)c2ccccc21. The lowest BCUT2D eigenvalue weighted by molar-refractivity contribution is -0.148. The van der Waals surface area contributed by atoms with Crippen LogP contribution in [0.15, 0.2) is 60.7 Å². The van der Waals surface area contributed by atoms with Gasteiger partial charge in [0, 0.05) is 17.3 Å². The Morgan fingerprint density at radius 3 is 2.29 bits per heavy atom. The van der Waals surface area contributed by atoms with Gasteiger partial charge in [0.25, 0.3) is 5.91 Å². The second-order valence-corrected chi connectivity index (χ2v) is 6.58. The van der Waals surface area contributed by atoms with Gasteiger partial charge in [0.2, 0.25) is 0 Å². The number of fused-ring (bicyclic) bond motifs is 1. The summed E-state index contributed by atoms with van der Waals surface area (Å²) < 4.78 is 5.32. The summed E-state index contributed by atoms with van der Waals surface area (Å²) in [4.78, 5) is 26.7. The van der Waals surface area contributed by atoms with Gasteiger partial charge in [-0.05, 0) is 39.0 Å². The maximum absolute atomic E-state index is 12.9. The maximum Gasteiger partial charge on any atom is 0.332 e. The third-order valence-electron chi connectivity index (χ3n) is 3.55. The molecule has 0 N–H and O–H groups in total. The number of hydrogen-bond acceptors (Lipinski definition) is 3. The summed E-state index contributed by atoms with van der Waals surface area (Å²) >= 11 is 0. The summed E-state index contributed by atoms with van der Waals surface area (Å²) in [6.45, 7) is 5.39. The maximum atomic E-state index is 12.9. The summed E-state index contributed by atoms with van der Waals surface area (Å²) in [5.74, 6) is -0.746. The van der Waals surface area contributed by atoms with E-state index in [9.17, 15) is 9.59 Å². The molecule has 0 fully saturated rings. The predicted octanol–water partition coefficient (Wildman–Crippen LogP) is 4.09. The first-order chi connectivity index (χ1) is 11.4. The van der Waals surface area contributed by atoms with E-state index in [1.165, 1.54) is 6.08 Å². The van der Waals surface area contributed by atoms with Crippen molar-refractivity contribution in [2.75, 3.05) is 4.90 Å². The van der Waals surface area contributed by atoms with Gasteiger partial charge in [-0.15, -0.1) is 0 Å². The van der Waals surface area contributed by atoms with Crippen molar-refractivity contribution in [2.45, 2.75) is 26.4 Å². The molecule has 0 radical (unpaired) electrons. The van der Waals surface area contributed by atoms with Gasteiger partial charge in [-0.1, -0.05) is 36.4 Å². The molecular weight excluding hydrogens is 302 g/mol. The van der Waals surface area contributed by atoms with Crippen molar-refractivity contribution in [2.24, 2.45) is 0 Å². The van der Waals surface area contributed by atoms with Gasteiger partial charge in [-0.2, -0.15) is 0 Å². The molecule has 3 rings (SSSR count). The van der Waals surface area contributed by atoms with Gasteiger partial charge in [-0.3, -0.25) is 9.69 Å². The number of para-hydroxylation sites is 2. The minimum atomic E-state index is -0.603. The number of anilines is 2. The van der Waals surface area contributed by atoms with Crippen LogP contribution in [0.3, 0.4) is 0 Å². The highest BCUT2D eigenvalue weighted by Crippen LogP contribution is 2.41. The number of esters is 1. The lowest BCUT2D eigenvalue weighted by Gasteiger charge is -2.18. The first kappa shape index (κ1) is 16.0. The zero-order chi connectivity index (χ0) is 17.3. The molecule has 0 unspecified atom stereocenters. The third-order valence-corrected chi connectivity index (χ3v) is 3.55. The average Bonchev–Trinajstić information content (AvgIpc) is 2.79. The predicted molar refractivity (Wildman–Crippen MR) is 93.9 cm³/mol. The van der Waals surface area contributed by atoms with Crippen molar-refractivity contribution in [1.29, 1.82) is 0 Å². The molecule has 1 aliphatic heterocycles. The van der Waals surface area contributed by atoms with Gasteiger partial charge in [0.15, 0.2) is 0 Å². The van der Waals surface area contributed by atoms with E-state index in [2.05, 4.69) is 0 Å². The highest BCUT2D eigenvalue weighted by atomic mass is 16.6. The normalized spacial score (nSPS) is 15.5. The Morgan fingerprint density at radius 2 is 1.62 bits per heavy atom. The fourth-order valence-corrected chi connectivity index (χ4v) is 2.66. The fourth-order valence-electron chi connectivity index (χ4n) is 2.66. The standard InChI is InChI=1S/C20H19NO3/c1-20(2,3)24-18(22)13-16-15-11-7-8-12-17(15)21(19(16)23)14-9-5-4-6-10-14/h4-13H,1-3H3/b16-13+. The molecule has 0 spiro atoms. The van der Waals surface area contributed by atoms with Gasteiger partial charge in [0.1, 0.15) is 5.60 Å². The third kappa shape index (κ3) is 3.08. The average molecular weight is 321 g/mol. The number of amides is 1. The molecule has 4 heteroatoms. The number of carbonyl (C=O) groups is 2. The van der Waals surface area contributed by atoms with Crippen LogP contribution in [-0.2, 0) is 14.3 Å². The van der Waals surface area contributed by atoms with Crippen molar-refractivity contribution >= 4 is 28.8 Å². The number of ether oxygens (including phenoxy) is 1. The van der Waals surface area contributed by atoms with Crippen molar-refractivity contribution in [3.8, 4) is 0 Å². The monoisotopic (exact) mass is 321 g/mol. The Bertz CT molecular complexity index is 816. The van der Waals surface area contributed by atoms with Crippen LogP contribution in [-0.4, -0.2) is 17.5 Å². The Labute approximate surface area is 141 Å². The van der Waals surface area contributed by atoms with Crippen molar-refractivity contribution in [3.05, 3.63) is 66.2 Å². The first-order valence-electron chi connectivity index (χ1n) is 7.80. The van der Waals surface area contributed by atoms with E-state index in [0.29, 0.717) is 5.57 Å². The molecule has 4 nitrogen and oxygen atoms in total. The smallest absolute Gasteiger partial charge is 0.332 e. The highest BCUT2D eigenvalue weighted by molar-refractivity contribution is 6.36. The number of hydrogen-bond donors (Lipinski definition) is 0. The van der Waals surface area contributed by atoms with Gasteiger partial charge in [-0.25, -0.2) is 4.79 Å². The number of nitrogens with zero attached hydrogens (tertiary/aromatic N) is 1. The zero-order valence-corrected chi connectivity index (χ0v) is 13.9. The van der Waals surface area contributed by atoms with E-state index in [1.54, 1.807) is 25.7 Å². The summed E-state index contributed by atoms with van der Waals surface area (Å²) in [5, 5.41) is 0.